The van der Waals surface area contributed by atoms with Crippen molar-refractivity contribution in [3.8, 4) is 28.0 Å². The molecule has 1 N–H and O–H groups in total. The Labute approximate surface area is 282 Å². The van der Waals surface area contributed by atoms with Crippen LogP contribution in [0.4, 0.5) is 5.69 Å². The lowest BCUT2D eigenvalue weighted by atomic mass is 9.83. The third kappa shape index (κ3) is 10.9. The van der Waals surface area contributed by atoms with Crippen LogP contribution in [0.5, 0.6) is 5.75 Å². The fourth-order valence-corrected chi connectivity index (χ4v) is 6.36. The normalized spacial score (nSPS) is 13.1. The van der Waals surface area contributed by atoms with Gasteiger partial charge in [0.2, 0.25) is 0 Å². The van der Waals surface area contributed by atoms with E-state index in [1.54, 1.807) is 12.1 Å². The topological polar surface area (TPSA) is 76.1 Å². The molecule has 3 aromatic carbocycles. The van der Waals surface area contributed by atoms with Crippen LogP contribution < -0.4 is 9.64 Å². The molecular formula is C41H55NO5. The maximum absolute atomic E-state index is 12.4. The summed E-state index contributed by atoms with van der Waals surface area (Å²) in [5.74, 6) is -0.383. The highest BCUT2D eigenvalue weighted by Gasteiger charge is 2.24. The molecule has 0 bridgehead atoms. The van der Waals surface area contributed by atoms with Crippen LogP contribution in [0, 0.1) is 0 Å². The highest BCUT2D eigenvalue weighted by Crippen LogP contribution is 2.40. The Balaban J connectivity index is 1.44. The molecule has 0 spiro atoms. The van der Waals surface area contributed by atoms with Crippen molar-refractivity contribution in [2.45, 2.75) is 110 Å². The van der Waals surface area contributed by atoms with Crippen LogP contribution in [0.1, 0.15) is 121 Å². The zero-order valence-electron chi connectivity index (χ0n) is 29.1. The van der Waals surface area contributed by atoms with Gasteiger partial charge in [0.15, 0.2) is 0 Å². The average molecular weight is 642 g/mol. The van der Waals surface area contributed by atoms with Gasteiger partial charge in [0, 0.05) is 30.8 Å². The minimum Gasteiger partial charge on any atom is -0.489 e. The van der Waals surface area contributed by atoms with Gasteiger partial charge >= 0.3 is 11.9 Å². The molecule has 0 atom stereocenters. The van der Waals surface area contributed by atoms with E-state index in [1.807, 2.05) is 24.3 Å². The number of aromatic carboxylic acids is 1. The number of unbranched alkanes of at least 4 members (excludes halogenated alkanes) is 8. The molecule has 47 heavy (non-hydrogen) atoms. The summed E-state index contributed by atoms with van der Waals surface area (Å²) >= 11 is 0. The van der Waals surface area contributed by atoms with Crippen molar-refractivity contribution < 1.29 is 24.2 Å². The number of esters is 1. The number of hydrogen-bond acceptors (Lipinski definition) is 5. The van der Waals surface area contributed by atoms with E-state index in [0.717, 1.165) is 53.9 Å². The van der Waals surface area contributed by atoms with E-state index in [9.17, 15) is 14.7 Å². The van der Waals surface area contributed by atoms with Crippen LogP contribution in [-0.2, 0) is 14.9 Å². The zero-order chi connectivity index (χ0) is 33.6. The highest BCUT2D eigenvalue weighted by molar-refractivity contribution is 5.88. The summed E-state index contributed by atoms with van der Waals surface area (Å²) in [7, 11) is 0. The first-order valence-electron chi connectivity index (χ1n) is 17.8. The summed E-state index contributed by atoms with van der Waals surface area (Å²) in [4.78, 5) is 26.3. The number of ether oxygens (including phenoxy) is 2. The molecule has 6 nitrogen and oxygen atoms in total. The van der Waals surface area contributed by atoms with Gasteiger partial charge < -0.3 is 19.5 Å². The number of carbonyl (C=O) groups excluding carboxylic acids is 1. The van der Waals surface area contributed by atoms with Gasteiger partial charge in [-0.25, -0.2) is 4.79 Å². The van der Waals surface area contributed by atoms with Gasteiger partial charge in [-0.05, 0) is 83.3 Å². The largest absolute Gasteiger partial charge is 0.489 e. The van der Waals surface area contributed by atoms with Crippen molar-refractivity contribution >= 4 is 17.6 Å². The Morgan fingerprint density at radius 3 is 2.00 bits per heavy atom. The van der Waals surface area contributed by atoms with E-state index in [4.69, 9.17) is 9.47 Å². The molecule has 0 saturated carbocycles. The molecule has 1 saturated heterocycles. The molecule has 0 aromatic heterocycles. The minimum absolute atomic E-state index is 0.0535. The molecule has 3 aromatic rings. The quantitative estimate of drug-likeness (QED) is 0.110. The van der Waals surface area contributed by atoms with Gasteiger partial charge in [-0.3, -0.25) is 4.79 Å². The van der Waals surface area contributed by atoms with Crippen molar-refractivity contribution in [1.82, 2.24) is 0 Å². The maximum Gasteiger partial charge on any atom is 0.335 e. The molecule has 0 unspecified atom stereocenters. The van der Waals surface area contributed by atoms with E-state index >= 15 is 0 Å². The lowest BCUT2D eigenvalue weighted by Gasteiger charge is -2.29. The van der Waals surface area contributed by atoms with Crippen LogP contribution in [0.25, 0.3) is 22.3 Å². The Bertz CT molecular complexity index is 1430. The van der Waals surface area contributed by atoms with Crippen LogP contribution in [0.3, 0.4) is 0 Å². The minimum atomic E-state index is -0.942. The fraction of sp³-hybridized carbons (Fsp3) is 0.512. The van der Waals surface area contributed by atoms with Crippen molar-refractivity contribution in [2.24, 2.45) is 0 Å². The van der Waals surface area contributed by atoms with Crippen molar-refractivity contribution in [3.05, 3.63) is 71.8 Å². The van der Waals surface area contributed by atoms with Gasteiger partial charge in [-0.1, -0.05) is 103 Å². The smallest absolute Gasteiger partial charge is 0.335 e. The average Bonchev–Trinajstić information content (AvgIpc) is 3.60. The zero-order valence-corrected chi connectivity index (χ0v) is 29.1. The fourth-order valence-electron chi connectivity index (χ4n) is 6.36. The number of benzene rings is 3. The molecular weight excluding hydrogens is 586 g/mol. The Kier molecular flexibility index (Phi) is 13.8. The number of carboxylic acid groups (broad SMARTS) is 1. The van der Waals surface area contributed by atoms with Crippen molar-refractivity contribution in [1.29, 1.82) is 0 Å². The van der Waals surface area contributed by atoms with E-state index < -0.39 is 5.97 Å². The first kappa shape index (κ1) is 36.0. The highest BCUT2D eigenvalue weighted by atomic mass is 16.6. The number of carbonyl (C=O) groups is 2. The van der Waals surface area contributed by atoms with E-state index in [-0.39, 0.29) is 30.2 Å². The van der Waals surface area contributed by atoms with Gasteiger partial charge in [-0.2, -0.15) is 0 Å². The van der Waals surface area contributed by atoms with E-state index in [0.29, 0.717) is 6.42 Å². The maximum atomic E-state index is 12.4. The third-order valence-electron chi connectivity index (χ3n) is 9.10. The van der Waals surface area contributed by atoms with Gasteiger partial charge in [0.1, 0.15) is 19.0 Å². The van der Waals surface area contributed by atoms with Crippen molar-refractivity contribution in [2.75, 3.05) is 31.2 Å². The Morgan fingerprint density at radius 1 is 0.745 bits per heavy atom. The summed E-state index contributed by atoms with van der Waals surface area (Å²) in [5, 5.41) is 9.36. The standard InChI is InChI=1S/C41H55NO5/c1-5-6-7-8-9-10-11-12-13-16-39(43)47-28-27-46-38-24-22-33(31-17-19-32(20-18-31)40(44)45)29-35(38)34-21-23-37(42-25-14-15-26-42)36(30-34)41(2,3)4/h17-24,29-30H,5-16,25-28H2,1-4H3,(H,44,45). The van der Waals surface area contributed by atoms with Gasteiger partial charge in [-0.15, -0.1) is 0 Å². The SMILES string of the molecule is CCCCCCCCCCCC(=O)OCCOc1ccc(-c2ccc(C(=O)O)cc2)cc1-c1ccc(N2CCCC2)c(C(C)(C)C)c1. The molecule has 1 aliphatic heterocycles. The summed E-state index contributed by atoms with van der Waals surface area (Å²) in [5.41, 5.74) is 6.69. The van der Waals surface area contributed by atoms with Crippen LogP contribution in [-0.4, -0.2) is 43.3 Å². The first-order valence-corrected chi connectivity index (χ1v) is 17.8. The summed E-state index contributed by atoms with van der Waals surface area (Å²) in [6.45, 7) is 11.6. The lowest BCUT2D eigenvalue weighted by molar-refractivity contribution is -0.144. The van der Waals surface area contributed by atoms with Gasteiger partial charge in [0.05, 0.1) is 5.56 Å². The van der Waals surface area contributed by atoms with Crippen LogP contribution >= 0.6 is 0 Å². The van der Waals surface area contributed by atoms with Gasteiger partial charge in [0.25, 0.3) is 0 Å². The number of rotatable bonds is 18. The monoisotopic (exact) mass is 641 g/mol. The molecule has 1 heterocycles. The second-order valence-corrected chi connectivity index (χ2v) is 13.9. The van der Waals surface area contributed by atoms with E-state index in [1.165, 1.54) is 69.0 Å². The summed E-state index contributed by atoms with van der Waals surface area (Å²) < 4.78 is 11.8. The predicted molar refractivity (Wildman–Crippen MR) is 193 cm³/mol. The Morgan fingerprint density at radius 2 is 1.36 bits per heavy atom. The molecule has 1 fully saturated rings. The third-order valence-corrected chi connectivity index (χ3v) is 9.10. The number of nitrogens with zero attached hydrogens (tertiary/aromatic N) is 1. The lowest BCUT2D eigenvalue weighted by Crippen LogP contribution is -2.23. The first-order chi connectivity index (χ1) is 22.7. The summed E-state index contributed by atoms with van der Waals surface area (Å²) in [6.07, 6.45) is 13.8. The number of carboxylic acids is 1. The molecule has 6 heteroatoms. The molecule has 254 valence electrons. The predicted octanol–water partition coefficient (Wildman–Crippen LogP) is 10.5. The Hall–Kier alpha value is -3.80. The molecule has 0 aliphatic carbocycles. The number of hydrogen-bond donors (Lipinski definition) is 1. The van der Waals surface area contributed by atoms with Crippen LogP contribution in [0.15, 0.2) is 60.7 Å². The molecule has 0 radical (unpaired) electrons. The molecule has 1 aliphatic rings. The second-order valence-electron chi connectivity index (χ2n) is 13.9. The number of anilines is 1. The molecule has 0 amide bonds. The van der Waals surface area contributed by atoms with Crippen LogP contribution in [0.2, 0.25) is 0 Å². The van der Waals surface area contributed by atoms with E-state index in [2.05, 4.69) is 56.9 Å². The molecule has 4 rings (SSSR count). The van der Waals surface area contributed by atoms with Crippen molar-refractivity contribution in [3.63, 3.8) is 0 Å². The second kappa shape index (κ2) is 17.9. The summed E-state index contributed by atoms with van der Waals surface area (Å²) in [6, 6.07) is 19.7.